The van der Waals surface area contributed by atoms with Crippen LogP contribution in [0.5, 0.6) is 0 Å². The summed E-state index contributed by atoms with van der Waals surface area (Å²) in [6, 6.07) is 0. The summed E-state index contributed by atoms with van der Waals surface area (Å²) < 4.78 is 4.81. The van der Waals surface area contributed by atoms with Crippen molar-refractivity contribution in [3.8, 4) is 0 Å². The van der Waals surface area contributed by atoms with Gasteiger partial charge in [0.05, 0.1) is 0 Å². The third-order valence-electron chi connectivity index (χ3n) is 2.94. The molecule has 0 aliphatic carbocycles. The van der Waals surface area contributed by atoms with Gasteiger partial charge in [-0.2, -0.15) is 4.79 Å². The largest absolute Gasteiger partial charge is 0.453 e. The molecule has 0 rings (SSSR count). The van der Waals surface area contributed by atoms with Crippen LogP contribution in [0.4, 0.5) is 0 Å². The van der Waals surface area contributed by atoms with Gasteiger partial charge in [-0.1, -0.05) is 28.9 Å². The Morgan fingerprint density at radius 1 is 1.00 bits per heavy atom. The predicted molar refractivity (Wildman–Crippen MR) is 86.1 cm³/mol. The fourth-order valence-electron chi connectivity index (χ4n) is 1.69. The van der Waals surface area contributed by atoms with Gasteiger partial charge in [-0.05, 0) is 59.5 Å². The monoisotopic (exact) mass is 290 g/mol. The highest BCUT2D eigenvalue weighted by atomic mass is 16.5. The highest BCUT2D eigenvalue weighted by Gasteiger charge is 2.00. The van der Waals surface area contributed by atoms with Crippen LogP contribution in [0.1, 0.15) is 53.4 Å². The molecule has 4 nitrogen and oxygen atoms in total. The minimum Gasteiger partial charge on any atom is -0.453 e. The highest BCUT2D eigenvalue weighted by molar-refractivity contribution is 6.20. The summed E-state index contributed by atoms with van der Waals surface area (Å²) in [5, 5.41) is 0. The normalized spacial score (nSPS) is 11.6. The Morgan fingerprint density at radius 3 is 2.14 bits per heavy atom. The molecule has 0 fully saturated rings. The van der Waals surface area contributed by atoms with E-state index in [1.54, 1.807) is 0 Å². The summed E-state index contributed by atoms with van der Waals surface area (Å²) in [6.07, 6.45) is 11.3. The zero-order chi connectivity index (χ0) is 16.1. The van der Waals surface area contributed by atoms with E-state index in [0.717, 1.165) is 31.9 Å². The summed E-state index contributed by atoms with van der Waals surface area (Å²) in [5.41, 5.74) is 12.1. The van der Waals surface area contributed by atoms with E-state index in [9.17, 15) is 4.79 Å². The molecule has 0 amide bonds. The van der Waals surface area contributed by atoms with Gasteiger partial charge >= 0.3 is 12.2 Å². The van der Waals surface area contributed by atoms with Crippen molar-refractivity contribution in [3.63, 3.8) is 0 Å². The summed E-state index contributed by atoms with van der Waals surface area (Å²) in [7, 11) is 0. The molecule has 0 heterocycles. The molecule has 0 aromatic rings. The Morgan fingerprint density at radius 2 is 1.57 bits per heavy atom. The van der Waals surface area contributed by atoms with Gasteiger partial charge in [0.2, 0.25) is 0 Å². The van der Waals surface area contributed by atoms with Crippen LogP contribution >= 0.6 is 0 Å². The maximum Gasteiger partial charge on any atom is 0.413 e. The van der Waals surface area contributed by atoms with E-state index in [1.807, 2.05) is 13.0 Å². The molecule has 0 atom stereocenters. The first kappa shape index (κ1) is 19.1. The minimum atomic E-state index is -0.642. The van der Waals surface area contributed by atoms with Crippen LogP contribution in [0, 0.1) is 0 Å². The van der Waals surface area contributed by atoms with Crippen molar-refractivity contribution in [3.05, 3.63) is 40.5 Å². The van der Waals surface area contributed by atoms with Crippen molar-refractivity contribution in [2.45, 2.75) is 53.4 Å². The van der Waals surface area contributed by atoms with Gasteiger partial charge in [0.15, 0.2) is 0 Å². The molecule has 0 spiro atoms. The molecule has 4 heteroatoms. The SMILES string of the molecule is CC(C)=CCC/C(C)=C/CC/C(C)=C/COC(=O)C=[N+]=[N-]. The first-order valence-electron chi connectivity index (χ1n) is 7.24. The number of carbonyl (C=O) groups is 1. The lowest BCUT2D eigenvalue weighted by Crippen LogP contribution is -2.06. The Balaban J connectivity index is 3.95. The average molecular weight is 290 g/mol. The maximum atomic E-state index is 10.9. The average Bonchev–Trinajstić information content (AvgIpc) is 2.38. The lowest BCUT2D eigenvalue weighted by atomic mass is 10.1. The number of nitrogens with zero attached hydrogens (tertiary/aromatic N) is 2. The Kier molecular flexibility index (Phi) is 10.8. The molecule has 21 heavy (non-hydrogen) atoms. The van der Waals surface area contributed by atoms with Crippen molar-refractivity contribution in [1.29, 1.82) is 0 Å². The molecule has 0 bridgehead atoms. The number of ether oxygens (including phenoxy) is 1. The Labute approximate surface area is 127 Å². The van der Waals surface area contributed by atoms with Gasteiger partial charge in [-0.3, -0.25) is 0 Å². The van der Waals surface area contributed by atoms with Crippen LogP contribution in [-0.4, -0.2) is 23.6 Å². The molecular formula is C17H26N2O2. The molecular weight excluding hydrogens is 264 g/mol. The molecule has 0 unspecified atom stereocenters. The van der Waals surface area contributed by atoms with Gasteiger partial charge in [-0.25, -0.2) is 4.79 Å². The minimum absolute atomic E-state index is 0.208. The van der Waals surface area contributed by atoms with Crippen LogP contribution in [0.2, 0.25) is 0 Å². The van der Waals surface area contributed by atoms with E-state index in [0.29, 0.717) is 0 Å². The second-order valence-electron chi connectivity index (χ2n) is 5.33. The molecule has 0 aliphatic heterocycles. The van der Waals surface area contributed by atoms with Crippen molar-refractivity contribution in [2.75, 3.05) is 6.61 Å². The third kappa shape index (κ3) is 12.8. The van der Waals surface area contributed by atoms with E-state index in [1.165, 1.54) is 16.7 Å². The van der Waals surface area contributed by atoms with E-state index < -0.39 is 5.97 Å². The van der Waals surface area contributed by atoms with Crippen molar-refractivity contribution >= 4 is 12.2 Å². The fraction of sp³-hybridized carbons (Fsp3) is 0.529. The Bertz CT molecular complexity index is 463. The van der Waals surface area contributed by atoms with E-state index in [4.69, 9.17) is 10.3 Å². The quantitative estimate of drug-likeness (QED) is 0.209. The zero-order valence-corrected chi connectivity index (χ0v) is 13.6. The molecule has 0 aromatic heterocycles. The van der Waals surface area contributed by atoms with Gasteiger partial charge in [-0.15, -0.1) is 0 Å². The van der Waals surface area contributed by atoms with Gasteiger partial charge < -0.3 is 10.3 Å². The second-order valence-corrected chi connectivity index (χ2v) is 5.33. The summed E-state index contributed by atoms with van der Waals surface area (Å²) in [6.45, 7) is 8.62. The predicted octanol–water partition coefficient (Wildman–Crippen LogP) is 4.25. The van der Waals surface area contributed by atoms with Crippen LogP contribution in [0.15, 0.2) is 34.9 Å². The molecule has 0 radical (unpaired) electrons. The second kappa shape index (κ2) is 11.9. The third-order valence-corrected chi connectivity index (χ3v) is 2.94. The van der Waals surface area contributed by atoms with Gasteiger partial charge in [0, 0.05) is 0 Å². The molecule has 0 aliphatic rings. The van der Waals surface area contributed by atoms with Crippen LogP contribution in [0.3, 0.4) is 0 Å². The highest BCUT2D eigenvalue weighted by Crippen LogP contribution is 2.11. The molecule has 0 N–H and O–H groups in total. The molecule has 0 aromatic carbocycles. The van der Waals surface area contributed by atoms with E-state index in [2.05, 4.69) is 37.7 Å². The molecule has 0 saturated carbocycles. The number of rotatable bonds is 9. The first-order valence-corrected chi connectivity index (χ1v) is 7.24. The molecule has 0 saturated heterocycles. The van der Waals surface area contributed by atoms with Crippen molar-refractivity contribution in [2.24, 2.45) is 0 Å². The first-order chi connectivity index (χ1) is 9.95. The number of hydrogen-bond donors (Lipinski definition) is 0. The molecule has 116 valence electrons. The summed E-state index contributed by atoms with van der Waals surface area (Å²) in [5.74, 6) is -0.642. The number of hydrogen-bond acceptors (Lipinski definition) is 2. The van der Waals surface area contributed by atoms with Crippen molar-refractivity contribution < 1.29 is 14.3 Å². The number of carbonyl (C=O) groups excluding carboxylic acids is 1. The zero-order valence-electron chi connectivity index (χ0n) is 13.6. The smallest absolute Gasteiger partial charge is 0.413 e. The number of esters is 1. The maximum absolute atomic E-state index is 10.9. The van der Waals surface area contributed by atoms with Crippen LogP contribution in [-0.2, 0) is 9.53 Å². The van der Waals surface area contributed by atoms with Crippen LogP contribution < -0.4 is 0 Å². The van der Waals surface area contributed by atoms with Crippen molar-refractivity contribution in [1.82, 2.24) is 0 Å². The van der Waals surface area contributed by atoms with E-state index >= 15 is 0 Å². The van der Waals surface area contributed by atoms with Gasteiger partial charge in [0.1, 0.15) is 6.61 Å². The fourth-order valence-corrected chi connectivity index (χ4v) is 1.69. The van der Waals surface area contributed by atoms with Gasteiger partial charge in [0.25, 0.3) is 0 Å². The lowest BCUT2D eigenvalue weighted by Gasteiger charge is -2.01. The lowest BCUT2D eigenvalue weighted by molar-refractivity contribution is -0.137. The summed E-state index contributed by atoms with van der Waals surface area (Å²) in [4.78, 5) is 13.5. The summed E-state index contributed by atoms with van der Waals surface area (Å²) >= 11 is 0. The standard InChI is InChI=1S/C17H26N2O2/c1-14(2)7-5-8-15(3)9-6-10-16(4)11-12-21-17(20)13-19-18/h7,9,11,13H,5-6,8,10,12H2,1-4H3/b15-9+,16-11+. The topological polar surface area (TPSA) is 62.7 Å². The van der Waals surface area contributed by atoms with Crippen LogP contribution in [0.25, 0.3) is 5.53 Å². The number of allylic oxidation sites excluding steroid dienone is 5. The Hall–Kier alpha value is -1.93. The van der Waals surface area contributed by atoms with E-state index in [-0.39, 0.29) is 6.61 Å².